The van der Waals surface area contributed by atoms with Crippen LogP contribution in [0, 0.1) is 41.4 Å². The van der Waals surface area contributed by atoms with Gasteiger partial charge in [-0.3, -0.25) is 4.99 Å². The van der Waals surface area contributed by atoms with Crippen molar-refractivity contribution < 1.29 is 0 Å². The average molecular weight is 498 g/mol. The van der Waals surface area contributed by atoms with Crippen LogP contribution in [0.25, 0.3) is 0 Å². The summed E-state index contributed by atoms with van der Waals surface area (Å²) in [5.41, 5.74) is 6.71. The van der Waals surface area contributed by atoms with Gasteiger partial charge in [-0.15, -0.1) is 0 Å². The van der Waals surface area contributed by atoms with Crippen LogP contribution in [-0.4, -0.2) is 15.8 Å². The molecule has 0 radical (unpaired) electrons. The molecule has 6 atom stereocenters. The van der Waals surface area contributed by atoms with E-state index in [1.807, 2.05) is 36.9 Å². The molecule has 3 heteroatoms. The minimum absolute atomic E-state index is 0.456. The van der Waals surface area contributed by atoms with E-state index in [0.717, 1.165) is 23.4 Å². The number of imidazole rings is 1. The van der Waals surface area contributed by atoms with Crippen molar-refractivity contribution in [3.63, 3.8) is 0 Å². The van der Waals surface area contributed by atoms with Gasteiger partial charge < -0.3 is 4.57 Å². The molecule has 37 heavy (non-hydrogen) atoms. The van der Waals surface area contributed by atoms with Crippen LogP contribution in [0.2, 0.25) is 0 Å². The highest BCUT2D eigenvalue weighted by atomic mass is 15.1. The molecule has 3 nitrogen and oxygen atoms in total. The Morgan fingerprint density at radius 3 is 2.51 bits per heavy atom. The first-order valence-corrected chi connectivity index (χ1v) is 14.7. The van der Waals surface area contributed by atoms with Crippen LogP contribution in [0.5, 0.6) is 0 Å². The maximum absolute atomic E-state index is 4.38. The molecule has 6 rings (SSSR count). The number of aryl methyl sites for hydroxylation is 1. The maximum Gasteiger partial charge on any atom is 0.0948 e. The van der Waals surface area contributed by atoms with Crippen LogP contribution in [0.1, 0.15) is 91.2 Å². The number of fused-ring (bicyclic) bond motifs is 5. The van der Waals surface area contributed by atoms with Gasteiger partial charge in [0.05, 0.1) is 12.0 Å². The van der Waals surface area contributed by atoms with Gasteiger partial charge in [-0.2, -0.15) is 0 Å². The minimum atomic E-state index is 0.456. The average Bonchev–Trinajstić information content (AvgIpc) is 3.52. The summed E-state index contributed by atoms with van der Waals surface area (Å²) in [6.07, 6.45) is 22.7. The number of nitrogens with zero attached hydrogens (tertiary/aromatic N) is 3. The Morgan fingerprint density at radius 1 is 1.00 bits per heavy atom. The fourth-order valence-corrected chi connectivity index (χ4v) is 8.10. The van der Waals surface area contributed by atoms with E-state index in [-0.39, 0.29) is 0 Å². The van der Waals surface area contributed by atoms with Crippen LogP contribution in [-0.2, 0) is 0 Å². The van der Waals surface area contributed by atoms with Crippen LogP contribution < -0.4 is 0 Å². The molecule has 198 valence electrons. The molecule has 0 aliphatic heterocycles. The third kappa shape index (κ3) is 4.91. The molecule has 0 spiro atoms. The maximum atomic E-state index is 4.38. The van der Waals surface area contributed by atoms with E-state index in [2.05, 4.69) is 80.5 Å². The van der Waals surface area contributed by atoms with Gasteiger partial charge in [0.1, 0.15) is 0 Å². The second-order valence-electron chi connectivity index (χ2n) is 13.1. The number of aromatic nitrogens is 2. The van der Waals surface area contributed by atoms with E-state index >= 15 is 0 Å². The summed E-state index contributed by atoms with van der Waals surface area (Å²) in [6, 6.07) is 8.79. The highest BCUT2D eigenvalue weighted by Gasteiger charge is 2.56. The van der Waals surface area contributed by atoms with Gasteiger partial charge in [0.15, 0.2) is 0 Å². The normalized spacial score (nSPS) is 34.7. The van der Waals surface area contributed by atoms with Crippen molar-refractivity contribution in [3.8, 4) is 0 Å². The topological polar surface area (TPSA) is 30.2 Å². The van der Waals surface area contributed by atoms with Gasteiger partial charge >= 0.3 is 0 Å². The first-order valence-electron chi connectivity index (χ1n) is 14.7. The second-order valence-corrected chi connectivity index (χ2v) is 13.1. The fraction of sp³-hybridized carbons (Fsp3) is 0.588. The van der Waals surface area contributed by atoms with Crippen molar-refractivity contribution in [2.75, 3.05) is 0 Å². The van der Waals surface area contributed by atoms with Gasteiger partial charge in [-0.1, -0.05) is 69.2 Å². The molecule has 0 saturated heterocycles. The van der Waals surface area contributed by atoms with E-state index in [4.69, 9.17) is 0 Å². The SMILES string of the molecule is CC1=CCC2C3CC=C4CC(n5ccnc5)CCC4(C)C3CCC12C.Cc1ccccc1N=CC(C)C. The Kier molecular flexibility index (Phi) is 7.35. The lowest BCUT2D eigenvalue weighted by Gasteiger charge is -2.58. The van der Waals surface area contributed by atoms with Gasteiger partial charge in [-0.25, -0.2) is 4.98 Å². The lowest BCUT2D eigenvalue weighted by Crippen LogP contribution is -2.49. The zero-order chi connectivity index (χ0) is 26.2. The molecule has 4 aliphatic rings. The standard InChI is InChI=1S/C23H32N2.C11H15N/c1-16-4-7-20-19-6-5-17-14-18(25-13-12-24-15-25)8-10-23(17,3)21(19)9-11-22(16,20)2;1-9(2)8-12-11-7-5-4-6-10(11)3/h4-5,12-13,15,18-21H,6-11,14H2,1-3H3;4-9H,1-3H3. The van der Waals surface area contributed by atoms with Crippen molar-refractivity contribution in [2.45, 2.75) is 92.5 Å². The lowest BCUT2D eigenvalue weighted by atomic mass is 9.47. The highest BCUT2D eigenvalue weighted by molar-refractivity contribution is 5.66. The van der Waals surface area contributed by atoms with Crippen LogP contribution in [0.4, 0.5) is 5.69 Å². The first kappa shape index (κ1) is 26.2. The first-order chi connectivity index (χ1) is 17.7. The Balaban J connectivity index is 0.000000198. The molecule has 6 unspecified atom stereocenters. The van der Waals surface area contributed by atoms with E-state index in [1.54, 1.807) is 11.1 Å². The molecule has 2 fully saturated rings. The smallest absolute Gasteiger partial charge is 0.0948 e. The molecule has 0 N–H and O–H groups in total. The third-order valence-corrected chi connectivity index (χ3v) is 10.6. The van der Waals surface area contributed by atoms with Crippen molar-refractivity contribution in [1.29, 1.82) is 0 Å². The zero-order valence-corrected chi connectivity index (χ0v) is 24.0. The predicted molar refractivity (Wildman–Crippen MR) is 156 cm³/mol. The molecule has 1 aromatic carbocycles. The number of hydrogen-bond acceptors (Lipinski definition) is 2. The molecule has 2 aromatic rings. The van der Waals surface area contributed by atoms with E-state index < -0.39 is 0 Å². The van der Waals surface area contributed by atoms with Crippen molar-refractivity contribution in [2.24, 2.45) is 39.5 Å². The zero-order valence-electron chi connectivity index (χ0n) is 24.0. The quantitative estimate of drug-likeness (QED) is 0.307. The molecule has 1 heterocycles. The lowest BCUT2D eigenvalue weighted by molar-refractivity contribution is -0.0203. The number of allylic oxidation sites excluding steroid dienone is 4. The summed E-state index contributed by atoms with van der Waals surface area (Å²) in [6.45, 7) is 13.9. The van der Waals surface area contributed by atoms with Crippen molar-refractivity contribution >= 4 is 11.9 Å². The predicted octanol–water partition coefficient (Wildman–Crippen LogP) is 9.30. The summed E-state index contributed by atoms with van der Waals surface area (Å²) in [4.78, 5) is 8.65. The Morgan fingerprint density at radius 2 is 1.78 bits per heavy atom. The highest BCUT2D eigenvalue weighted by Crippen LogP contribution is 2.65. The monoisotopic (exact) mass is 497 g/mol. The molecular formula is C34H47N3. The molecule has 0 amide bonds. The summed E-state index contributed by atoms with van der Waals surface area (Å²) < 4.78 is 2.34. The number of para-hydroxylation sites is 1. The van der Waals surface area contributed by atoms with E-state index in [1.165, 1.54) is 50.5 Å². The molecular weight excluding hydrogens is 450 g/mol. The van der Waals surface area contributed by atoms with Crippen molar-refractivity contribution in [3.05, 3.63) is 71.8 Å². The Bertz CT molecular complexity index is 1170. The molecule has 2 saturated carbocycles. The van der Waals surface area contributed by atoms with Crippen LogP contribution in [0.15, 0.2) is 71.3 Å². The largest absolute Gasteiger partial charge is 0.334 e. The molecule has 1 aromatic heterocycles. The number of hydrogen-bond donors (Lipinski definition) is 0. The van der Waals surface area contributed by atoms with Crippen LogP contribution >= 0.6 is 0 Å². The number of benzene rings is 1. The Hall–Kier alpha value is -2.42. The van der Waals surface area contributed by atoms with E-state index in [0.29, 0.717) is 22.8 Å². The van der Waals surface area contributed by atoms with Gasteiger partial charge in [0.2, 0.25) is 0 Å². The molecule has 4 aliphatic carbocycles. The van der Waals surface area contributed by atoms with E-state index in [9.17, 15) is 0 Å². The number of aliphatic imine (C=N–C) groups is 1. The van der Waals surface area contributed by atoms with Crippen LogP contribution in [0.3, 0.4) is 0 Å². The fourth-order valence-electron chi connectivity index (χ4n) is 8.10. The summed E-state index contributed by atoms with van der Waals surface area (Å²) in [5.74, 6) is 3.23. The summed E-state index contributed by atoms with van der Waals surface area (Å²) >= 11 is 0. The van der Waals surface area contributed by atoms with Gasteiger partial charge in [0, 0.05) is 24.7 Å². The Labute approximate surface area is 225 Å². The van der Waals surface area contributed by atoms with Gasteiger partial charge in [-0.05, 0) is 105 Å². The van der Waals surface area contributed by atoms with Crippen molar-refractivity contribution in [1.82, 2.24) is 9.55 Å². The van der Waals surface area contributed by atoms with Gasteiger partial charge in [0.25, 0.3) is 0 Å². The third-order valence-electron chi connectivity index (χ3n) is 10.6. The summed E-state index contributed by atoms with van der Waals surface area (Å²) in [5, 5.41) is 0. The summed E-state index contributed by atoms with van der Waals surface area (Å²) in [7, 11) is 0. The minimum Gasteiger partial charge on any atom is -0.334 e. The second kappa shape index (κ2) is 10.4. The number of rotatable bonds is 3. The molecule has 0 bridgehead atoms.